The second-order valence-corrected chi connectivity index (χ2v) is 8.99. The fraction of sp³-hybridized carbons (Fsp3) is 0.188. The van der Waals surface area contributed by atoms with Crippen molar-refractivity contribution in [3.63, 3.8) is 0 Å². The van der Waals surface area contributed by atoms with Gasteiger partial charge in [0, 0.05) is 32.2 Å². The van der Waals surface area contributed by atoms with E-state index in [1.807, 2.05) is 92.0 Å². The number of rotatable bonds is 10. The summed E-state index contributed by atoms with van der Waals surface area (Å²) < 4.78 is 5.32. The molecule has 0 aliphatic heterocycles. The number of ether oxygens (including phenoxy) is 1. The Morgan fingerprint density at radius 3 is 2.00 bits per heavy atom. The van der Waals surface area contributed by atoms with Gasteiger partial charge in [-0.25, -0.2) is 4.79 Å². The molecule has 1 N–H and O–H groups in total. The quantitative estimate of drug-likeness (QED) is 0.281. The number of carbonyl (C=O) groups excluding carboxylic acids is 1. The lowest BCUT2D eigenvalue weighted by Gasteiger charge is -2.18. The number of carboxylic acids is 1. The van der Waals surface area contributed by atoms with Crippen molar-refractivity contribution in [3.8, 4) is 22.3 Å². The van der Waals surface area contributed by atoms with Crippen LogP contribution in [0.15, 0.2) is 103 Å². The topological polar surface area (TPSA) is 66.8 Å². The van der Waals surface area contributed by atoms with Gasteiger partial charge in [-0.3, -0.25) is 4.79 Å². The SMILES string of the molecule is CCO[C@@H](Cc1ccc(-c2cccc(CN(C)C(=O)c3ccc(-c4ccccc4)cc3)c2)cc1)C(=O)O. The molecule has 0 bridgehead atoms. The van der Waals surface area contributed by atoms with Crippen LogP contribution in [0.25, 0.3) is 22.3 Å². The largest absolute Gasteiger partial charge is 0.479 e. The minimum Gasteiger partial charge on any atom is -0.479 e. The van der Waals surface area contributed by atoms with E-state index in [0.717, 1.165) is 33.4 Å². The van der Waals surface area contributed by atoms with E-state index in [1.165, 1.54) is 0 Å². The lowest BCUT2D eigenvalue weighted by Crippen LogP contribution is -2.26. The van der Waals surface area contributed by atoms with Gasteiger partial charge in [-0.2, -0.15) is 0 Å². The fourth-order valence-corrected chi connectivity index (χ4v) is 4.32. The molecule has 4 aromatic rings. The van der Waals surface area contributed by atoms with Crippen LogP contribution in [-0.4, -0.2) is 41.6 Å². The van der Waals surface area contributed by atoms with Crippen LogP contribution in [0.2, 0.25) is 0 Å². The molecule has 0 aliphatic carbocycles. The van der Waals surface area contributed by atoms with Gasteiger partial charge in [-0.15, -0.1) is 0 Å². The highest BCUT2D eigenvalue weighted by molar-refractivity contribution is 5.94. The van der Waals surface area contributed by atoms with E-state index in [1.54, 1.807) is 11.8 Å². The molecule has 0 heterocycles. The van der Waals surface area contributed by atoms with E-state index < -0.39 is 12.1 Å². The van der Waals surface area contributed by atoms with Crippen molar-refractivity contribution in [2.24, 2.45) is 0 Å². The number of hydrogen-bond donors (Lipinski definition) is 1. The summed E-state index contributed by atoms with van der Waals surface area (Å²) in [5.74, 6) is -0.985. The van der Waals surface area contributed by atoms with Crippen molar-refractivity contribution in [1.29, 1.82) is 0 Å². The molecular weight excluding hydrogens is 462 g/mol. The standard InChI is InChI=1S/C32H31NO4/c1-3-37-30(32(35)36)21-23-12-14-27(15-13-23)29-11-7-8-24(20-29)22-33(2)31(34)28-18-16-26(17-19-28)25-9-5-4-6-10-25/h4-20,30H,3,21-22H2,1-2H3,(H,35,36)/t30-/m0/s1. The first-order chi connectivity index (χ1) is 17.9. The maximum absolute atomic E-state index is 13.0. The summed E-state index contributed by atoms with van der Waals surface area (Å²) in [7, 11) is 1.81. The predicted molar refractivity (Wildman–Crippen MR) is 146 cm³/mol. The number of aliphatic carboxylic acids is 1. The highest BCUT2D eigenvalue weighted by atomic mass is 16.5. The summed E-state index contributed by atoms with van der Waals surface area (Å²) in [5, 5.41) is 9.32. The van der Waals surface area contributed by atoms with Gasteiger partial charge in [-0.1, -0.05) is 84.9 Å². The van der Waals surface area contributed by atoms with Gasteiger partial charge >= 0.3 is 5.97 Å². The lowest BCUT2D eigenvalue weighted by atomic mass is 9.99. The zero-order valence-electron chi connectivity index (χ0n) is 21.1. The monoisotopic (exact) mass is 493 g/mol. The molecule has 0 radical (unpaired) electrons. The Kier molecular flexibility index (Phi) is 8.49. The first-order valence-electron chi connectivity index (χ1n) is 12.4. The Bertz CT molecular complexity index is 1330. The maximum atomic E-state index is 13.0. The number of amides is 1. The van der Waals surface area contributed by atoms with Crippen molar-refractivity contribution in [2.45, 2.75) is 26.0 Å². The average molecular weight is 494 g/mol. The second-order valence-electron chi connectivity index (χ2n) is 8.99. The van der Waals surface area contributed by atoms with Gasteiger partial charge in [0.1, 0.15) is 0 Å². The Labute approximate surface area is 218 Å². The summed E-state index contributed by atoms with van der Waals surface area (Å²) in [6.45, 7) is 2.64. The number of nitrogens with zero attached hydrogens (tertiary/aromatic N) is 1. The van der Waals surface area contributed by atoms with Crippen molar-refractivity contribution in [3.05, 3.63) is 120 Å². The maximum Gasteiger partial charge on any atom is 0.333 e. The molecule has 1 amide bonds. The number of carboxylic acid groups (broad SMARTS) is 1. The Morgan fingerprint density at radius 2 is 1.35 bits per heavy atom. The van der Waals surface area contributed by atoms with Gasteiger partial charge < -0.3 is 14.7 Å². The first-order valence-corrected chi connectivity index (χ1v) is 12.4. The number of hydrogen-bond acceptors (Lipinski definition) is 3. The van der Waals surface area contributed by atoms with E-state index in [2.05, 4.69) is 18.2 Å². The fourth-order valence-electron chi connectivity index (χ4n) is 4.32. The molecule has 0 saturated carbocycles. The summed E-state index contributed by atoms with van der Waals surface area (Å²) in [6, 6.07) is 33.8. The molecule has 1 atom stereocenters. The molecule has 0 aliphatic rings. The minimum atomic E-state index is -0.954. The van der Waals surface area contributed by atoms with Crippen LogP contribution < -0.4 is 0 Å². The molecule has 4 rings (SSSR count). The third-order valence-corrected chi connectivity index (χ3v) is 6.28. The molecule has 0 saturated heterocycles. The van der Waals surface area contributed by atoms with E-state index in [4.69, 9.17) is 4.74 Å². The summed E-state index contributed by atoms with van der Waals surface area (Å²) in [5.41, 5.74) is 6.85. The van der Waals surface area contributed by atoms with E-state index in [9.17, 15) is 14.7 Å². The van der Waals surface area contributed by atoms with E-state index >= 15 is 0 Å². The highest BCUT2D eigenvalue weighted by Gasteiger charge is 2.18. The van der Waals surface area contributed by atoms with E-state index in [0.29, 0.717) is 25.1 Å². The van der Waals surface area contributed by atoms with Gasteiger partial charge in [0.2, 0.25) is 0 Å². The van der Waals surface area contributed by atoms with Crippen LogP contribution >= 0.6 is 0 Å². The van der Waals surface area contributed by atoms with Crippen LogP contribution in [0.1, 0.15) is 28.4 Å². The predicted octanol–water partition coefficient (Wildman–Crippen LogP) is 6.33. The van der Waals surface area contributed by atoms with Crippen molar-refractivity contribution < 1.29 is 19.4 Å². The molecule has 5 heteroatoms. The van der Waals surface area contributed by atoms with Crippen molar-refractivity contribution >= 4 is 11.9 Å². The molecular formula is C32H31NO4. The highest BCUT2D eigenvalue weighted by Crippen LogP contribution is 2.23. The zero-order chi connectivity index (χ0) is 26.2. The van der Waals surface area contributed by atoms with Crippen LogP contribution in [-0.2, 0) is 22.5 Å². The number of carbonyl (C=O) groups is 2. The van der Waals surface area contributed by atoms with Crippen LogP contribution in [0, 0.1) is 0 Å². The Hall–Kier alpha value is -4.22. The van der Waals surface area contributed by atoms with Crippen molar-refractivity contribution in [2.75, 3.05) is 13.7 Å². The van der Waals surface area contributed by atoms with Gasteiger partial charge in [0.25, 0.3) is 5.91 Å². The van der Waals surface area contributed by atoms with Gasteiger partial charge in [0.15, 0.2) is 6.10 Å². The average Bonchev–Trinajstić information content (AvgIpc) is 2.93. The zero-order valence-corrected chi connectivity index (χ0v) is 21.1. The second kappa shape index (κ2) is 12.2. The molecule has 0 unspecified atom stereocenters. The molecule has 0 fully saturated rings. The molecule has 5 nitrogen and oxygen atoms in total. The summed E-state index contributed by atoms with van der Waals surface area (Å²) in [6.07, 6.45) is -0.523. The third kappa shape index (κ3) is 6.72. The van der Waals surface area contributed by atoms with Crippen molar-refractivity contribution in [1.82, 2.24) is 4.90 Å². The third-order valence-electron chi connectivity index (χ3n) is 6.28. The molecule has 37 heavy (non-hydrogen) atoms. The first kappa shape index (κ1) is 25.9. The van der Waals surface area contributed by atoms with Gasteiger partial charge in [-0.05, 0) is 58.5 Å². The van der Waals surface area contributed by atoms with Crippen LogP contribution in [0.4, 0.5) is 0 Å². The summed E-state index contributed by atoms with van der Waals surface area (Å²) >= 11 is 0. The summed E-state index contributed by atoms with van der Waals surface area (Å²) in [4.78, 5) is 26.1. The normalized spacial score (nSPS) is 11.6. The minimum absolute atomic E-state index is 0.0309. The molecule has 4 aromatic carbocycles. The van der Waals surface area contributed by atoms with Crippen LogP contribution in [0.5, 0.6) is 0 Å². The lowest BCUT2D eigenvalue weighted by molar-refractivity contribution is -0.149. The Morgan fingerprint density at radius 1 is 0.757 bits per heavy atom. The molecule has 188 valence electrons. The van der Waals surface area contributed by atoms with Gasteiger partial charge in [0.05, 0.1) is 0 Å². The molecule has 0 aromatic heterocycles. The number of benzene rings is 4. The smallest absolute Gasteiger partial charge is 0.333 e. The van der Waals surface area contributed by atoms with E-state index in [-0.39, 0.29) is 5.91 Å². The Balaban J connectivity index is 1.41. The molecule has 0 spiro atoms. The van der Waals surface area contributed by atoms with Crippen LogP contribution in [0.3, 0.4) is 0 Å².